The predicted octanol–water partition coefficient (Wildman–Crippen LogP) is 2.52. The van der Waals surface area contributed by atoms with E-state index in [1.807, 2.05) is 24.3 Å². The fourth-order valence-electron chi connectivity index (χ4n) is 2.03. The van der Waals surface area contributed by atoms with Crippen LogP contribution in [0.3, 0.4) is 0 Å². The molecular formula is C16H19N3O2. The Hall–Kier alpha value is -2.53. The fraction of sp³-hybridized carbons (Fsp3) is 0.188. The second-order valence-corrected chi connectivity index (χ2v) is 4.60. The van der Waals surface area contributed by atoms with Gasteiger partial charge in [-0.25, -0.2) is 0 Å². The van der Waals surface area contributed by atoms with Crippen molar-refractivity contribution >= 4 is 23.0 Å². The van der Waals surface area contributed by atoms with Gasteiger partial charge in [0.2, 0.25) is 0 Å². The van der Waals surface area contributed by atoms with Gasteiger partial charge in [0.25, 0.3) is 5.91 Å². The summed E-state index contributed by atoms with van der Waals surface area (Å²) in [7, 11) is 3.25. The molecule has 0 aromatic heterocycles. The van der Waals surface area contributed by atoms with Gasteiger partial charge in [-0.3, -0.25) is 4.79 Å². The number of hydrogen-bond acceptors (Lipinski definition) is 4. The molecule has 0 bridgehead atoms. The van der Waals surface area contributed by atoms with Crippen molar-refractivity contribution in [1.82, 2.24) is 5.32 Å². The van der Waals surface area contributed by atoms with Gasteiger partial charge in [-0.1, -0.05) is 18.2 Å². The second kappa shape index (κ2) is 6.76. The zero-order valence-corrected chi connectivity index (χ0v) is 12.1. The van der Waals surface area contributed by atoms with Gasteiger partial charge in [-0.15, -0.1) is 0 Å². The molecule has 21 heavy (non-hydrogen) atoms. The van der Waals surface area contributed by atoms with Crippen LogP contribution in [-0.4, -0.2) is 20.1 Å². The summed E-state index contributed by atoms with van der Waals surface area (Å²) in [5.41, 5.74) is 9.78. The molecule has 4 N–H and O–H groups in total. The van der Waals surface area contributed by atoms with E-state index in [0.29, 0.717) is 17.9 Å². The van der Waals surface area contributed by atoms with Crippen molar-refractivity contribution in [2.45, 2.75) is 6.61 Å². The molecule has 0 aliphatic carbocycles. The van der Waals surface area contributed by atoms with E-state index in [1.165, 1.54) is 0 Å². The van der Waals surface area contributed by atoms with E-state index in [1.54, 1.807) is 32.4 Å². The fourth-order valence-corrected chi connectivity index (χ4v) is 2.03. The van der Waals surface area contributed by atoms with E-state index in [2.05, 4.69) is 10.6 Å². The highest BCUT2D eigenvalue weighted by molar-refractivity contribution is 5.96. The van der Waals surface area contributed by atoms with E-state index >= 15 is 0 Å². The van der Waals surface area contributed by atoms with Crippen LogP contribution in [0.2, 0.25) is 0 Å². The Balaban J connectivity index is 2.26. The number of ether oxygens (including phenoxy) is 1. The second-order valence-electron chi connectivity index (χ2n) is 4.60. The molecule has 0 saturated heterocycles. The molecule has 2 aromatic carbocycles. The van der Waals surface area contributed by atoms with Crippen molar-refractivity contribution in [2.24, 2.45) is 0 Å². The molecule has 5 heteroatoms. The van der Waals surface area contributed by atoms with Gasteiger partial charge in [0.05, 0.1) is 18.0 Å². The lowest BCUT2D eigenvalue weighted by molar-refractivity contribution is 0.0963. The number of amides is 1. The normalized spacial score (nSPS) is 10.2. The smallest absolute Gasteiger partial charge is 0.251 e. The van der Waals surface area contributed by atoms with E-state index in [9.17, 15) is 4.79 Å². The van der Waals surface area contributed by atoms with Gasteiger partial charge in [0, 0.05) is 31.0 Å². The topological polar surface area (TPSA) is 76.4 Å². The number of nitrogens with one attached hydrogen (secondary N) is 2. The van der Waals surface area contributed by atoms with Crippen LogP contribution in [0, 0.1) is 0 Å². The Kier molecular flexibility index (Phi) is 4.79. The van der Waals surface area contributed by atoms with Crippen LogP contribution >= 0.6 is 0 Å². The Morgan fingerprint density at radius 3 is 2.62 bits per heavy atom. The first-order valence-electron chi connectivity index (χ1n) is 6.61. The maximum Gasteiger partial charge on any atom is 0.251 e. The minimum absolute atomic E-state index is 0.159. The van der Waals surface area contributed by atoms with Crippen LogP contribution in [0.15, 0.2) is 42.5 Å². The van der Waals surface area contributed by atoms with Gasteiger partial charge in [-0.2, -0.15) is 0 Å². The highest BCUT2D eigenvalue weighted by Gasteiger charge is 2.08. The lowest BCUT2D eigenvalue weighted by atomic mass is 10.1. The minimum Gasteiger partial charge on any atom is -0.397 e. The molecule has 0 unspecified atom stereocenters. The van der Waals surface area contributed by atoms with Crippen molar-refractivity contribution in [3.63, 3.8) is 0 Å². The highest BCUT2D eigenvalue weighted by atomic mass is 16.5. The van der Waals surface area contributed by atoms with Gasteiger partial charge < -0.3 is 21.1 Å². The van der Waals surface area contributed by atoms with Crippen molar-refractivity contribution < 1.29 is 9.53 Å². The zero-order valence-electron chi connectivity index (χ0n) is 12.1. The SMILES string of the molecule is CNC(=O)c1ccc(Nc2ccccc2COC)c(N)c1. The van der Waals surface area contributed by atoms with Crippen LogP contribution in [0.4, 0.5) is 17.1 Å². The number of hydrogen-bond donors (Lipinski definition) is 3. The van der Waals surface area contributed by atoms with Crippen molar-refractivity contribution in [2.75, 3.05) is 25.2 Å². The first-order valence-corrected chi connectivity index (χ1v) is 6.61. The summed E-state index contributed by atoms with van der Waals surface area (Å²) in [5.74, 6) is -0.159. The third kappa shape index (κ3) is 3.52. The number of benzene rings is 2. The van der Waals surface area contributed by atoms with Crippen LogP contribution in [0.5, 0.6) is 0 Å². The molecule has 5 nitrogen and oxygen atoms in total. The van der Waals surface area contributed by atoms with E-state index in [-0.39, 0.29) is 5.91 Å². The average molecular weight is 285 g/mol. The Bertz CT molecular complexity index is 641. The summed E-state index contributed by atoms with van der Waals surface area (Å²) in [5, 5.41) is 5.85. The first-order chi connectivity index (χ1) is 10.2. The van der Waals surface area contributed by atoms with E-state index in [0.717, 1.165) is 16.9 Å². The molecule has 0 aliphatic rings. The molecule has 1 amide bonds. The predicted molar refractivity (Wildman–Crippen MR) is 84.7 cm³/mol. The molecule has 0 atom stereocenters. The molecule has 0 spiro atoms. The van der Waals surface area contributed by atoms with Gasteiger partial charge in [0.1, 0.15) is 0 Å². The third-order valence-electron chi connectivity index (χ3n) is 3.13. The quantitative estimate of drug-likeness (QED) is 0.738. The number of anilines is 3. The third-order valence-corrected chi connectivity index (χ3v) is 3.13. The first kappa shape index (κ1) is 14.9. The van der Waals surface area contributed by atoms with Crippen molar-refractivity contribution in [1.29, 1.82) is 0 Å². The number of para-hydroxylation sites is 1. The van der Waals surface area contributed by atoms with Crippen LogP contribution in [0.25, 0.3) is 0 Å². The van der Waals surface area contributed by atoms with Gasteiger partial charge >= 0.3 is 0 Å². The highest BCUT2D eigenvalue weighted by Crippen LogP contribution is 2.26. The van der Waals surface area contributed by atoms with Crippen LogP contribution < -0.4 is 16.4 Å². The molecule has 2 aromatic rings. The molecule has 0 heterocycles. The summed E-state index contributed by atoms with van der Waals surface area (Å²) in [6.45, 7) is 0.513. The van der Waals surface area contributed by atoms with E-state index < -0.39 is 0 Å². The standard InChI is InChI=1S/C16H19N3O2/c1-18-16(20)11-7-8-15(13(17)9-11)19-14-6-4-3-5-12(14)10-21-2/h3-9,19H,10,17H2,1-2H3,(H,18,20). The summed E-state index contributed by atoms with van der Waals surface area (Å²) in [4.78, 5) is 11.6. The summed E-state index contributed by atoms with van der Waals surface area (Å²) >= 11 is 0. The number of nitrogens with two attached hydrogens (primary N) is 1. The summed E-state index contributed by atoms with van der Waals surface area (Å²) < 4.78 is 5.18. The molecule has 0 aliphatic heterocycles. The van der Waals surface area contributed by atoms with Crippen LogP contribution in [-0.2, 0) is 11.3 Å². The number of nitrogen functional groups attached to an aromatic ring is 1. The van der Waals surface area contributed by atoms with Gasteiger partial charge in [-0.05, 0) is 24.3 Å². The lowest BCUT2D eigenvalue weighted by Gasteiger charge is -2.14. The Labute approximate surface area is 124 Å². The number of carbonyl (C=O) groups is 1. The number of rotatable bonds is 5. The maximum absolute atomic E-state index is 11.6. The summed E-state index contributed by atoms with van der Waals surface area (Å²) in [6.07, 6.45) is 0. The van der Waals surface area contributed by atoms with Crippen molar-refractivity contribution in [3.8, 4) is 0 Å². The zero-order chi connectivity index (χ0) is 15.2. The molecule has 2 rings (SSSR count). The Morgan fingerprint density at radius 2 is 1.95 bits per heavy atom. The molecular weight excluding hydrogens is 266 g/mol. The maximum atomic E-state index is 11.6. The molecule has 0 radical (unpaired) electrons. The number of carbonyl (C=O) groups excluding carboxylic acids is 1. The van der Waals surface area contributed by atoms with Crippen molar-refractivity contribution in [3.05, 3.63) is 53.6 Å². The van der Waals surface area contributed by atoms with Crippen LogP contribution in [0.1, 0.15) is 15.9 Å². The molecule has 0 saturated carbocycles. The largest absolute Gasteiger partial charge is 0.397 e. The lowest BCUT2D eigenvalue weighted by Crippen LogP contribution is -2.18. The summed E-state index contributed by atoms with van der Waals surface area (Å²) in [6, 6.07) is 13.0. The number of methoxy groups -OCH3 is 1. The molecule has 110 valence electrons. The monoisotopic (exact) mass is 285 g/mol. The molecule has 0 fully saturated rings. The minimum atomic E-state index is -0.159. The average Bonchev–Trinajstić information content (AvgIpc) is 2.50. The van der Waals surface area contributed by atoms with E-state index in [4.69, 9.17) is 10.5 Å². The Morgan fingerprint density at radius 1 is 1.19 bits per heavy atom. The van der Waals surface area contributed by atoms with Gasteiger partial charge in [0.15, 0.2) is 0 Å².